The number of carbonyl (C=O) groups is 1. The van der Waals surface area contributed by atoms with Crippen molar-refractivity contribution in [3.05, 3.63) is 80.9 Å². The highest BCUT2D eigenvalue weighted by Crippen LogP contribution is 2.20. The SMILES string of the molecule is Cc1cc(NC(=O)CCn2ccccc2=O)n(-c2ccc([N+](=O)[O-])cc2)n1. The third kappa shape index (κ3) is 4.27. The molecule has 0 spiro atoms. The molecule has 0 aliphatic heterocycles. The van der Waals surface area contributed by atoms with E-state index in [2.05, 4.69) is 10.4 Å². The lowest BCUT2D eigenvalue weighted by Crippen LogP contribution is -2.22. The fourth-order valence-corrected chi connectivity index (χ4v) is 2.57. The Morgan fingerprint density at radius 1 is 1.22 bits per heavy atom. The highest BCUT2D eigenvalue weighted by molar-refractivity contribution is 5.90. The Bertz CT molecular complexity index is 1040. The first-order chi connectivity index (χ1) is 12.9. The molecule has 2 heterocycles. The first-order valence-electron chi connectivity index (χ1n) is 8.21. The Morgan fingerprint density at radius 3 is 2.63 bits per heavy atom. The zero-order chi connectivity index (χ0) is 19.4. The summed E-state index contributed by atoms with van der Waals surface area (Å²) in [4.78, 5) is 34.3. The van der Waals surface area contributed by atoms with Crippen LogP contribution in [0.25, 0.3) is 5.69 Å². The molecule has 0 saturated heterocycles. The maximum absolute atomic E-state index is 12.3. The van der Waals surface area contributed by atoms with Crippen molar-refractivity contribution in [2.45, 2.75) is 19.9 Å². The van der Waals surface area contributed by atoms with E-state index in [0.717, 1.165) is 0 Å². The highest BCUT2D eigenvalue weighted by Gasteiger charge is 2.13. The maximum Gasteiger partial charge on any atom is 0.269 e. The number of nitrogens with zero attached hydrogens (tertiary/aromatic N) is 4. The van der Waals surface area contributed by atoms with Gasteiger partial charge in [-0.15, -0.1) is 0 Å². The Hall–Kier alpha value is -3.75. The van der Waals surface area contributed by atoms with Gasteiger partial charge >= 0.3 is 0 Å². The summed E-state index contributed by atoms with van der Waals surface area (Å²) < 4.78 is 2.96. The van der Waals surface area contributed by atoms with Crippen molar-refractivity contribution < 1.29 is 9.72 Å². The maximum atomic E-state index is 12.3. The van der Waals surface area contributed by atoms with Crippen LogP contribution in [0.5, 0.6) is 0 Å². The number of rotatable bonds is 6. The second-order valence-corrected chi connectivity index (χ2v) is 5.89. The lowest BCUT2D eigenvalue weighted by atomic mass is 10.3. The molecule has 0 atom stereocenters. The van der Waals surface area contributed by atoms with Crippen LogP contribution in [0, 0.1) is 17.0 Å². The van der Waals surface area contributed by atoms with Gasteiger partial charge in [0, 0.05) is 43.4 Å². The van der Waals surface area contributed by atoms with E-state index in [-0.39, 0.29) is 30.1 Å². The molecule has 0 bridgehead atoms. The number of aryl methyl sites for hydroxylation is 2. The quantitative estimate of drug-likeness (QED) is 0.530. The van der Waals surface area contributed by atoms with Crippen molar-refractivity contribution in [1.29, 1.82) is 0 Å². The molecule has 2 aromatic heterocycles. The molecule has 3 rings (SSSR count). The molecule has 0 unspecified atom stereocenters. The minimum atomic E-state index is -0.480. The summed E-state index contributed by atoms with van der Waals surface area (Å²) in [6, 6.07) is 12.4. The predicted octanol–water partition coefficient (Wildman–Crippen LogP) is 2.28. The molecule has 0 saturated carbocycles. The lowest BCUT2D eigenvalue weighted by Gasteiger charge is -2.09. The van der Waals surface area contributed by atoms with Gasteiger partial charge in [0.25, 0.3) is 11.2 Å². The van der Waals surface area contributed by atoms with Crippen LogP contribution in [0.3, 0.4) is 0 Å². The lowest BCUT2D eigenvalue weighted by molar-refractivity contribution is -0.384. The fraction of sp³-hybridized carbons (Fsp3) is 0.167. The van der Waals surface area contributed by atoms with Crippen LogP contribution in [0.2, 0.25) is 0 Å². The van der Waals surface area contributed by atoms with Crippen LogP contribution in [-0.2, 0) is 11.3 Å². The zero-order valence-electron chi connectivity index (χ0n) is 14.5. The Labute approximate surface area is 154 Å². The van der Waals surface area contributed by atoms with Gasteiger partial charge in [-0.3, -0.25) is 19.7 Å². The largest absolute Gasteiger partial charge is 0.315 e. The summed E-state index contributed by atoms with van der Waals surface area (Å²) in [5, 5.41) is 17.9. The van der Waals surface area contributed by atoms with Gasteiger partial charge in [0.05, 0.1) is 16.3 Å². The first-order valence-corrected chi connectivity index (χ1v) is 8.21. The summed E-state index contributed by atoms with van der Waals surface area (Å²) in [5.74, 6) is 0.181. The third-order valence-electron chi connectivity index (χ3n) is 3.88. The van der Waals surface area contributed by atoms with Crippen molar-refractivity contribution in [1.82, 2.24) is 14.3 Å². The number of nitrogens with one attached hydrogen (secondary N) is 1. The number of carbonyl (C=O) groups excluding carboxylic acids is 1. The van der Waals surface area contributed by atoms with Crippen molar-refractivity contribution in [3.8, 4) is 5.69 Å². The van der Waals surface area contributed by atoms with Crippen LogP contribution in [0.15, 0.2) is 59.5 Å². The van der Waals surface area contributed by atoms with Crippen LogP contribution >= 0.6 is 0 Å². The second kappa shape index (κ2) is 7.65. The van der Waals surface area contributed by atoms with Gasteiger partial charge in [-0.2, -0.15) is 5.10 Å². The van der Waals surface area contributed by atoms with Gasteiger partial charge < -0.3 is 9.88 Å². The minimum Gasteiger partial charge on any atom is -0.315 e. The molecule has 3 aromatic rings. The summed E-state index contributed by atoms with van der Waals surface area (Å²) >= 11 is 0. The number of aromatic nitrogens is 3. The summed E-state index contributed by atoms with van der Waals surface area (Å²) in [6.07, 6.45) is 1.75. The van der Waals surface area contributed by atoms with Crippen LogP contribution in [0.1, 0.15) is 12.1 Å². The Balaban J connectivity index is 1.73. The zero-order valence-corrected chi connectivity index (χ0v) is 14.5. The number of nitro benzene ring substituents is 1. The predicted molar refractivity (Wildman–Crippen MR) is 98.9 cm³/mol. The number of nitro groups is 1. The second-order valence-electron chi connectivity index (χ2n) is 5.89. The molecule has 0 fully saturated rings. The van der Waals surface area contributed by atoms with Gasteiger partial charge in [-0.25, -0.2) is 4.68 Å². The molecule has 0 aliphatic rings. The van der Waals surface area contributed by atoms with Crippen molar-refractivity contribution >= 4 is 17.4 Å². The van der Waals surface area contributed by atoms with Crippen LogP contribution in [-0.4, -0.2) is 25.2 Å². The molecule has 1 amide bonds. The van der Waals surface area contributed by atoms with E-state index in [1.165, 1.54) is 27.4 Å². The van der Waals surface area contributed by atoms with E-state index in [1.54, 1.807) is 43.5 Å². The normalized spacial score (nSPS) is 10.6. The highest BCUT2D eigenvalue weighted by atomic mass is 16.6. The summed E-state index contributed by atoms with van der Waals surface area (Å²) in [6.45, 7) is 2.04. The third-order valence-corrected chi connectivity index (χ3v) is 3.88. The van der Waals surface area contributed by atoms with E-state index < -0.39 is 4.92 Å². The smallest absolute Gasteiger partial charge is 0.269 e. The average Bonchev–Trinajstić information content (AvgIpc) is 3.01. The van der Waals surface area contributed by atoms with Crippen molar-refractivity contribution in [2.75, 3.05) is 5.32 Å². The number of benzene rings is 1. The molecule has 9 nitrogen and oxygen atoms in total. The molecule has 9 heteroatoms. The molecule has 138 valence electrons. The van der Waals surface area contributed by atoms with Gasteiger partial charge in [0.1, 0.15) is 5.82 Å². The molecule has 0 radical (unpaired) electrons. The molecule has 1 aromatic carbocycles. The van der Waals surface area contributed by atoms with Crippen LogP contribution < -0.4 is 10.9 Å². The minimum absolute atomic E-state index is 0.0264. The van der Waals surface area contributed by atoms with Gasteiger partial charge in [0.2, 0.25) is 5.91 Å². The summed E-state index contributed by atoms with van der Waals surface area (Å²) in [5.41, 5.74) is 1.07. The monoisotopic (exact) mass is 367 g/mol. The topological polar surface area (TPSA) is 112 Å². The van der Waals surface area contributed by atoms with E-state index in [9.17, 15) is 19.7 Å². The number of pyridine rings is 1. The summed E-state index contributed by atoms with van der Waals surface area (Å²) in [7, 11) is 0. The van der Waals surface area contributed by atoms with E-state index in [4.69, 9.17) is 0 Å². The first kappa shape index (κ1) is 18.1. The van der Waals surface area contributed by atoms with Gasteiger partial charge in [-0.05, 0) is 25.1 Å². The Kier molecular flexibility index (Phi) is 5.11. The van der Waals surface area contributed by atoms with E-state index in [0.29, 0.717) is 17.2 Å². The fourth-order valence-electron chi connectivity index (χ4n) is 2.57. The average molecular weight is 367 g/mol. The number of amides is 1. The van der Waals surface area contributed by atoms with Crippen molar-refractivity contribution in [3.63, 3.8) is 0 Å². The molecular formula is C18H17N5O4. The molecule has 27 heavy (non-hydrogen) atoms. The number of hydrogen-bond donors (Lipinski definition) is 1. The molecule has 0 aliphatic carbocycles. The van der Waals surface area contributed by atoms with E-state index in [1.807, 2.05) is 0 Å². The van der Waals surface area contributed by atoms with Gasteiger partial charge in [-0.1, -0.05) is 6.07 Å². The number of non-ortho nitro benzene ring substituents is 1. The number of hydrogen-bond acceptors (Lipinski definition) is 5. The molecular weight excluding hydrogens is 350 g/mol. The van der Waals surface area contributed by atoms with E-state index >= 15 is 0 Å². The van der Waals surface area contributed by atoms with Crippen molar-refractivity contribution in [2.24, 2.45) is 0 Å². The Morgan fingerprint density at radius 2 is 1.96 bits per heavy atom. The number of anilines is 1. The molecule has 1 N–H and O–H groups in total. The standard InChI is InChI=1S/C18H17N5O4/c1-13-12-16(19-17(24)9-11-21-10-3-2-4-18(21)25)22(20-13)14-5-7-15(8-6-14)23(26)27/h2-8,10,12H,9,11H2,1H3,(H,19,24). The van der Waals surface area contributed by atoms with Crippen LogP contribution in [0.4, 0.5) is 11.5 Å². The van der Waals surface area contributed by atoms with Gasteiger partial charge in [0.15, 0.2) is 0 Å².